The summed E-state index contributed by atoms with van der Waals surface area (Å²) in [6.45, 7) is 1.40. The topological polar surface area (TPSA) is 71.3 Å². The molecule has 9 heteroatoms. The predicted molar refractivity (Wildman–Crippen MR) is 82.8 cm³/mol. The molecule has 2 heterocycles. The quantitative estimate of drug-likeness (QED) is 0.914. The third kappa shape index (κ3) is 4.56. The van der Waals surface area contributed by atoms with Crippen molar-refractivity contribution in [3.05, 3.63) is 42.1 Å². The van der Waals surface area contributed by atoms with Gasteiger partial charge in [-0.1, -0.05) is 18.2 Å². The molecule has 25 heavy (non-hydrogen) atoms. The van der Waals surface area contributed by atoms with Crippen LogP contribution in [0.5, 0.6) is 0 Å². The maximum absolute atomic E-state index is 12.5. The number of carbonyl (C=O) groups excluding carboxylic acids is 1. The molecule has 1 aromatic heterocycles. The number of halogens is 3. The van der Waals surface area contributed by atoms with E-state index in [1.54, 1.807) is 12.1 Å². The molecule has 0 bridgehead atoms. The average molecular weight is 354 g/mol. The van der Waals surface area contributed by atoms with Crippen LogP contribution in [0.15, 0.2) is 34.7 Å². The van der Waals surface area contributed by atoms with Gasteiger partial charge in [-0.05, 0) is 38.1 Å². The van der Waals surface area contributed by atoms with Crippen LogP contribution in [0.2, 0.25) is 0 Å². The Bertz CT molecular complexity index is 710. The van der Waals surface area contributed by atoms with E-state index in [0.29, 0.717) is 25.9 Å². The Morgan fingerprint density at radius 1 is 1.20 bits per heavy atom. The molecule has 1 saturated heterocycles. The number of hydrogen-bond acceptors (Lipinski definition) is 5. The number of rotatable bonds is 4. The fourth-order valence-electron chi connectivity index (χ4n) is 2.78. The number of hydrogen-bond donors (Lipinski definition) is 1. The highest BCUT2D eigenvalue weighted by atomic mass is 19.4. The van der Waals surface area contributed by atoms with Crippen molar-refractivity contribution in [2.75, 3.05) is 25.0 Å². The van der Waals surface area contributed by atoms with Gasteiger partial charge in [0, 0.05) is 11.6 Å². The van der Waals surface area contributed by atoms with Crippen LogP contribution < -0.4 is 5.32 Å². The van der Waals surface area contributed by atoms with E-state index in [0.717, 1.165) is 5.69 Å². The van der Waals surface area contributed by atoms with E-state index in [1.807, 2.05) is 23.1 Å². The van der Waals surface area contributed by atoms with E-state index in [1.165, 1.54) is 0 Å². The Kier molecular flexibility index (Phi) is 5.03. The summed E-state index contributed by atoms with van der Waals surface area (Å²) < 4.78 is 42.2. The maximum atomic E-state index is 12.5. The van der Waals surface area contributed by atoms with Crippen molar-refractivity contribution in [2.24, 2.45) is 0 Å². The smallest absolute Gasteiger partial charge is 0.417 e. The number of anilines is 1. The highest BCUT2D eigenvalue weighted by Gasteiger charge is 2.39. The first-order chi connectivity index (χ1) is 11.9. The minimum atomic E-state index is -4.62. The monoisotopic (exact) mass is 354 g/mol. The predicted octanol–water partition coefficient (Wildman–Crippen LogP) is 2.91. The van der Waals surface area contributed by atoms with Crippen molar-refractivity contribution in [3.8, 4) is 0 Å². The lowest BCUT2D eigenvalue weighted by Crippen LogP contribution is -2.38. The van der Waals surface area contributed by atoms with Crippen LogP contribution in [0.1, 0.15) is 30.5 Å². The molecule has 0 radical (unpaired) electrons. The summed E-state index contributed by atoms with van der Waals surface area (Å²) in [6, 6.07) is 9.14. The highest BCUT2D eigenvalue weighted by Crippen LogP contribution is 2.32. The minimum Gasteiger partial charge on any atom is -0.417 e. The van der Waals surface area contributed by atoms with Gasteiger partial charge in [0.15, 0.2) is 0 Å². The average Bonchev–Trinajstić information content (AvgIpc) is 3.07. The van der Waals surface area contributed by atoms with E-state index < -0.39 is 12.1 Å². The Morgan fingerprint density at radius 2 is 1.88 bits per heavy atom. The summed E-state index contributed by atoms with van der Waals surface area (Å²) in [5.41, 5.74) is 0.730. The molecule has 1 N–H and O–H groups in total. The first kappa shape index (κ1) is 17.4. The number of nitrogens with zero attached hydrogens (tertiary/aromatic N) is 3. The van der Waals surface area contributed by atoms with E-state index in [9.17, 15) is 18.0 Å². The number of amides is 1. The van der Waals surface area contributed by atoms with E-state index in [4.69, 9.17) is 4.42 Å². The Labute approximate surface area is 142 Å². The molecule has 3 rings (SSSR count). The second-order valence-electron chi connectivity index (χ2n) is 5.91. The van der Waals surface area contributed by atoms with Gasteiger partial charge in [0.2, 0.25) is 11.8 Å². The Morgan fingerprint density at radius 3 is 2.48 bits per heavy atom. The van der Waals surface area contributed by atoms with Gasteiger partial charge in [0.1, 0.15) is 0 Å². The lowest BCUT2D eigenvalue weighted by atomic mass is 9.97. The fraction of sp³-hybridized carbons (Fsp3) is 0.438. The number of nitrogens with one attached hydrogen (secondary N) is 1. The van der Waals surface area contributed by atoms with Crippen molar-refractivity contribution >= 4 is 11.6 Å². The van der Waals surface area contributed by atoms with Crippen molar-refractivity contribution in [3.63, 3.8) is 0 Å². The highest BCUT2D eigenvalue weighted by molar-refractivity contribution is 5.92. The SMILES string of the molecule is O=C(CN1CCC(c2nnc(C(F)(F)F)o2)CC1)Nc1ccccc1. The molecule has 0 aliphatic carbocycles. The summed E-state index contributed by atoms with van der Waals surface area (Å²) >= 11 is 0. The molecule has 134 valence electrons. The zero-order valence-corrected chi connectivity index (χ0v) is 13.3. The van der Waals surface area contributed by atoms with Crippen molar-refractivity contribution in [2.45, 2.75) is 24.9 Å². The summed E-state index contributed by atoms with van der Waals surface area (Å²) in [5, 5.41) is 9.38. The van der Waals surface area contributed by atoms with Gasteiger partial charge in [0.25, 0.3) is 0 Å². The number of carbonyl (C=O) groups is 1. The van der Waals surface area contributed by atoms with Crippen LogP contribution in [0, 0.1) is 0 Å². The molecule has 0 spiro atoms. The molecule has 1 aliphatic heterocycles. The molecule has 6 nitrogen and oxygen atoms in total. The zero-order valence-electron chi connectivity index (χ0n) is 13.3. The second-order valence-corrected chi connectivity index (χ2v) is 5.91. The Hall–Kier alpha value is -2.42. The third-order valence-corrected chi connectivity index (χ3v) is 4.04. The summed E-state index contributed by atoms with van der Waals surface area (Å²) in [5.74, 6) is -1.63. The fourth-order valence-corrected chi connectivity index (χ4v) is 2.78. The lowest BCUT2D eigenvalue weighted by molar-refractivity contribution is -0.157. The summed E-state index contributed by atoms with van der Waals surface area (Å²) in [7, 11) is 0. The summed E-state index contributed by atoms with van der Waals surface area (Å²) in [4.78, 5) is 14.0. The van der Waals surface area contributed by atoms with Crippen molar-refractivity contribution in [1.29, 1.82) is 0 Å². The molecule has 1 aliphatic rings. The van der Waals surface area contributed by atoms with Crippen LogP contribution in [0.3, 0.4) is 0 Å². The molecular weight excluding hydrogens is 337 g/mol. The molecule has 2 aromatic rings. The minimum absolute atomic E-state index is 0.0145. The van der Waals surface area contributed by atoms with E-state index >= 15 is 0 Å². The summed E-state index contributed by atoms with van der Waals surface area (Å²) in [6.07, 6.45) is -3.49. The number of benzene rings is 1. The first-order valence-electron chi connectivity index (χ1n) is 7.89. The number of para-hydroxylation sites is 1. The van der Waals surface area contributed by atoms with Gasteiger partial charge < -0.3 is 9.73 Å². The van der Waals surface area contributed by atoms with E-state index in [2.05, 4.69) is 15.5 Å². The zero-order chi connectivity index (χ0) is 17.9. The van der Waals surface area contributed by atoms with Gasteiger partial charge in [-0.15, -0.1) is 10.2 Å². The number of likely N-dealkylation sites (tertiary alicyclic amines) is 1. The van der Waals surface area contributed by atoms with Crippen molar-refractivity contribution < 1.29 is 22.4 Å². The molecular formula is C16H17F3N4O2. The normalized spacial score (nSPS) is 16.8. The lowest BCUT2D eigenvalue weighted by Gasteiger charge is -2.29. The first-order valence-corrected chi connectivity index (χ1v) is 7.89. The third-order valence-electron chi connectivity index (χ3n) is 4.04. The second kappa shape index (κ2) is 7.22. The Balaban J connectivity index is 1.48. The molecule has 0 unspecified atom stereocenters. The van der Waals surface area contributed by atoms with Gasteiger partial charge in [-0.3, -0.25) is 9.69 Å². The van der Waals surface area contributed by atoms with Gasteiger partial charge >= 0.3 is 12.1 Å². The molecule has 1 amide bonds. The van der Waals surface area contributed by atoms with Gasteiger partial charge in [0.05, 0.1) is 6.54 Å². The van der Waals surface area contributed by atoms with Crippen LogP contribution in [-0.4, -0.2) is 40.6 Å². The van der Waals surface area contributed by atoms with Gasteiger partial charge in [-0.25, -0.2) is 0 Å². The van der Waals surface area contributed by atoms with E-state index in [-0.39, 0.29) is 24.3 Å². The van der Waals surface area contributed by atoms with Crippen molar-refractivity contribution in [1.82, 2.24) is 15.1 Å². The molecule has 0 atom stereocenters. The number of aromatic nitrogens is 2. The van der Waals surface area contributed by atoms with Crippen LogP contribution in [0.4, 0.5) is 18.9 Å². The number of alkyl halides is 3. The standard InChI is InChI=1S/C16H17F3N4O2/c17-16(18,19)15-22-21-14(25-15)11-6-8-23(9-7-11)10-13(24)20-12-4-2-1-3-5-12/h1-5,11H,6-10H2,(H,20,24). The van der Waals surface area contributed by atoms with Gasteiger partial charge in [-0.2, -0.15) is 13.2 Å². The number of piperidine rings is 1. The van der Waals surface area contributed by atoms with Crippen LogP contribution in [0.25, 0.3) is 0 Å². The largest absolute Gasteiger partial charge is 0.470 e. The van der Waals surface area contributed by atoms with Crippen LogP contribution in [-0.2, 0) is 11.0 Å². The molecule has 0 saturated carbocycles. The van der Waals surface area contributed by atoms with Crippen LogP contribution >= 0.6 is 0 Å². The maximum Gasteiger partial charge on any atom is 0.470 e. The molecule has 1 aromatic carbocycles. The molecule has 1 fully saturated rings.